The van der Waals surface area contributed by atoms with Crippen LogP contribution in [-0.4, -0.2) is 72.5 Å². The van der Waals surface area contributed by atoms with Crippen LogP contribution in [-0.2, 0) is 11.3 Å². The summed E-state index contributed by atoms with van der Waals surface area (Å²) in [4.78, 5) is 28.9. The van der Waals surface area contributed by atoms with Crippen LogP contribution in [0.3, 0.4) is 0 Å². The molecule has 4 heterocycles. The number of alkyl halides is 2. The van der Waals surface area contributed by atoms with E-state index in [-0.39, 0.29) is 24.9 Å². The number of rotatable bonds is 8. The van der Waals surface area contributed by atoms with Crippen LogP contribution < -0.4 is 5.32 Å². The number of pyridine rings is 1. The molecule has 3 fully saturated rings. The van der Waals surface area contributed by atoms with Crippen molar-refractivity contribution in [3.8, 4) is 11.1 Å². The minimum absolute atomic E-state index is 0.105. The van der Waals surface area contributed by atoms with Crippen LogP contribution in [0.5, 0.6) is 0 Å². The number of aromatic nitrogens is 5. The van der Waals surface area contributed by atoms with Crippen molar-refractivity contribution in [2.24, 2.45) is 11.8 Å². The zero-order valence-corrected chi connectivity index (χ0v) is 22.7. The second-order valence-corrected chi connectivity index (χ2v) is 11.5. The molecule has 2 aliphatic carbocycles. The highest BCUT2D eigenvalue weighted by Gasteiger charge is 2.56. The molecule has 3 aliphatic rings. The second kappa shape index (κ2) is 9.86. The first-order valence-corrected chi connectivity index (χ1v) is 14.1. The van der Waals surface area contributed by atoms with Crippen molar-refractivity contribution < 1.29 is 18.0 Å². The molecule has 1 aliphatic heterocycles. The van der Waals surface area contributed by atoms with Crippen LogP contribution in [0.1, 0.15) is 37.8 Å². The summed E-state index contributed by atoms with van der Waals surface area (Å²) in [7, 11) is 0. The number of carbonyl (C=O) groups excluding carboxylic acids is 1. The topological polar surface area (TPSA) is 95.0 Å². The number of fused-ring (bicyclic) bond motifs is 1. The highest BCUT2D eigenvalue weighted by molar-refractivity contribution is 5.84. The Labute approximate surface area is 234 Å². The summed E-state index contributed by atoms with van der Waals surface area (Å²) in [6.07, 6.45) is 6.74. The molecule has 2 unspecified atom stereocenters. The van der Waals surface area contributed by atoms with Crippen molar-refractivity contribution in [3.05, 3.63) is 54.2 Å². The fourth-order valence-electron chi connectivity index (χ4n) is 5.63. The van der Waals surface area contributed by atoms with Gasteiger partial charge in [-0.2, -0.15) is 5.10 Å². The van der Waals surface area contributed by atoms with Crippen LogP contribution in [0.25, 0.3) is 22.2 Å². The molecule has 41 heavy (non-hydrogen) atoms. The first-order valence-electron chi connectivity index (χ1n) is 14.1. The predicted molar refractivity (Wildman–Crippen MR) is 147 cm³/mol. The van der Waals surface area contributed by atoms with Gasteiger partial charge in [-0.3, -0.25) is 14.4 Å². The molecule has 4 aromatic rings. The summed E-state index contributed by atoms with van der Waals surface area (Å²) >= 11 is 0. The summed E-state index contributed by atoms with van der Waals surface area (Å²) in [5, 5.41) is 7.34. The summed E-state index contributed by atoms with van der Waals surface area (Å²) in [6.45, 7) is 5.42. The van der Waals surface area contributed by atoms with Crippen LogP contribution in [0, 0.1) is 17.7 Å². The van der Waals surface area contributed by atoms with Crippen molar-refractivity contribution >= 4 is 28.7 Å². The highest BCUT2D eigenvalue weighted by Crippen LogP contribution is 2.49. The number of nitrogens with one attached hydrogen (secondary N) is 2. The second-order valence-electron chi connectivity index (χ2n) is 11.5. The van der Waals surface area contributed by atoms with E-state index in [2.05, 4.69) is 37.2 Å². The van der Waals surface area contributed by atoms with E-state index in [1.807, 2.05) is 17.0 Å². The van der Waals surface area contributed by atoms with Crippen LogP contribution >= 0.6 is 0 Å². The quantitative estimate of drug-likeness (QED) is 0.314. The number of carbonyl (C=O) groups is 1. The lowest BCUT2D eigenvalue weighted by atomic mass is 10.1. The van der Waals surface area contributed by atoms with Gasteiger partial charge >= 0.3 is 0 Å². The molecular formula is C29H31F3N8O. The summed E-state index contributed by atoms with van der Waals surface area (Å²) in [6, 6.07) is 7.11. The Morgan fingerprint density at radius 1 is 1.20 bits per heavy atom. The molecule has 1 aromatic carbocycles. The lowest BCUT2D eigenvalue weighted by Gasteiger charge is -2.38. The Hall–Kier alpha value is -3.93. The van der Waals surface area contributed by atoms with E-state index in [1.54, 1.807) is 18.5 Å². The van der Waals surface area contributed by atoms with Crippen LogP contribution in [0.4, 0.5) is 24.9 Å². The number of H-pyrrole nitrogens is 1. The summed E-state index contributed by atoms with van der Waals surface area (Å²) in [5.74, 6) is -2.22. The van der Waals surface area contributed by atoms with Gasteiger partial charge in [-0.25, -0.2) is 23.1 Å². The van der Waals surface area contributed by atoms with Gasteiger partial charge in [0.25, 0.3) is 5.92 Å². The third-order valence-electron chi connectivity index (χ3n) is 8.49. The molecule has 2 N–H and O–H groups in total. The maximum absolute atomic E-state index is 15.0. The van der Waals surface area contributed by atoms with Gasteiger partial charge in [0.15, 0.2) is 0 Å². The van der Waals surface area contributed by atoms with E-state index in [4.69, 9.17) is 0 Å². The molecular weight excluding hydrogens is 533 g/mol. The summed E-state index contributed by atoms with van der Waals surface area (Å²) in [5.41, 5.74) is 2.97. The predicted octanol–water partition coefficient (Wildman–Crippen LogP) is 4.97. The van der Waals surface area contributed by atoms with Gasteiger partial charge in [-0.15, -0.1) is 0 Å². The molecule has 9 nitrogen and oxygen atoms in total. The Morgan fingerprint density at radius 2 is 1.98 bits per heavy atom. The van der Waals surface area contributed by atoms with Gasteiger partial charge in [0.1, 0.15) is 11.6 Å². The Kier molecular flexibility index (Phi) is 6.25. The lowest BCUT2D eigenvalue weighted by molar-refractivity contribution is -0.134. The number of halogens is 3. The molecule has 0 bridgehead atoms. The maximum atomic E-state index is 15.0. The van der Waals surface area contributed by atoms with Gasteiger partial charge < -0.3 is 15.2 Å². The van der Waals surface area contributed by atoms with Crippen molar-refractivity contribution in [2.45, 2.75) is 44.7 Å². The van der Waals surface area contributed by atoms with Gasteiger partial charge in [-0.05, 0) is 43.5 Å². The first kappa shape index (κ1) is 26.0. The zero-order chi connectivity index (χ0) is 28.3. The number of imidazole rings is 1. The number of nitrogens with zero attached hydrogens (tertiary/aromatic N) is 6. The third kappa shape index (κ3) is 5.28. The van der Waals surface area contributed by atoms with Crippen molar-refractivity contribution in [1.82, 2.24) is 34.5 Å². The van der Waals surface area contributed by atoms with E-state index in [0.29, 0.717) is 39.8 Å². The van der Waals surface area contributed by atoms with E-state index in [1.165, 1.54) is 16.9 Å². The largest absolute Gasteiger partial charge is 0.340 e. The van der Waals surface area contributed by atoms with Crippen LogP contribution in [0.2, 0.25) is 0 Å². The minimum Gasteiger partial charge on any atom is -0.340 e. The SMILES string of the molecule is CC(c1ccnc(Nc2nc3cc(-c4cnn(CC5CC5(F)F)c4)c(F)cc3[nH]2)c1)N1CCN(C(=O)C2CC2)CC1. The monoisotopic (exact) mass is 564 g/mol. The van der Waals surface area contributed by atoms with Gasteiger partial charge in [-0.1, -0.05) is 0 Å². The highest BCUT2D eigenvalue weighted by atomic mass is 19.3. The fraction of sp³-hybridized carbons (Fsp3) is 0.448. The van der Waals surface area contributed by atoms with Crippen molar-refractivity contribution in [2.75, 3.05) is 31.5 Å². The average Bonchev–Trinajstić information content (AvgIpc) is 3.80. The Bertz CT molecular complexity index is 1600. The normalized spacial score (nSPS) is 21.3. The lowest BCUT2D eigenvalue weighted by Crippen LogP contribution is -2.49. The number of hydrogen-bond acceptors (Lipinski definition) is 6. The molecule has 214 valence electrons. The molecule has 1 amide bonds. The Morgan fingerprint density at radius 3 is 2.71 bits per heavy atom. The van der Waals surface area contributed by atoms with Crippen molar-refractivity contribution in [1.29, 1.82) is 0 Å². The van der Waals surface area contributed by atoms with Gasteiger partial charge in [0.05, 0.1) is 17.2 Å². The molecule has 1 saturated heterocycles. The van der Waals surface area contributed by atoms with Crippen LogP contribution in [0.15, 0.2) is 42.9 Å². The number of piperazine rings is 1. The number of benzene rings is 1. The standard InChI is InChI=1S/C29H31F3N8O/c1-17(38-6-8-39(9-7-38)27(41)18-2-3-18)19-4-5-33-26(10-19)37-28-35-24-11-22(23(30)12-25(24)36-28)20-14-34-40(15-20)16-21-13-29(21,31)32/h4-5,10-12,14-15,17-18,21H,2-3,6-9,13,16H2,1H3,(H2,33,35,36,37). The van der Waals surface area contributed by atoms with Gasteiger partial charge in [0, 0.05) is 86.6 Å². The maximum Gasteiger partial charge on any atom is 0.253 e. The third-order valence-corrected chi connectivity index (χ3v) is 8.49. The smallest absolute Gasteiger partial charge is 0.253 e. The van der Waals surface area contributed by atoms with E-state index in [0.717, 1.165) is 44.6 Å². The molecule has 3 aromatic heterocycles. The molecule has 0 spiro atoms. The zero-order valence-electron chi connectivity index (χ0n) is 22.7. The molecule has 2 saturated carbocycles. The fourth-order valence-corrected chi connectivity index (χ4v) is 5.63. The number of anilines is 2. The van der Waals surface area contributed by atoms with E-state index >= 15 is 4.39 Å². The number of aromatic amines is 1. The molecule has 7 rings (SSSR count). The summed E-state index contributed by atoms with van der Waals surface area (Å²) < 4.78 is 43.0. The minimum atomic E-state index is -2.63. The van der Waals surface area contributed by atoms with E-state index in [9.17, 15) is 13.6 Å². The van der Waals surface area contributed by atoms with Crippen molar-refractivity contribution in [3.63, 3.8) is 0 Å². The molecule has 2 atom stereocenters. The van der Waals surface area contributed by atoms with E-state index < -0.39 is 17.7 Å². The molecule has 0 radical (unpaired) electrons. The number of hydrogen-bond donors (Lipinski definition) is 2. The average molecular weight is 565 g/mol. The molecule has 12 heteroatoms. The Balaban J connectivity index is 1.03. The van der Waals surface area contributed by atoms with Gasteiger partial charge in [0.2, 0.25) is 11.9 Å². The first-order chi connectivity index (χ1) is 19.7. The number of amides is 1.